The average molecular weight is 369 g/mol. The lowest BCUT2D eigenvalue weighted by atomic mass is 9.78. The zero-order chi connectivity index (χ0) is 19.8. The van der Waals surface area contributed by atoms with Gasteiger partial charge in [0.05, 0.1) is 5.56 Å². The summed E-state index contributed by atoms with van der Waals surface area (Å²) in [6.45, 7) is 5.60. The maximum Gasteiger partial charge on any atom is 0.338 e. The molecule has 0 spiro atoms. The van der Waals surface area contributed by atoms with Crippen LogP contribution in [-0.4, -0.2) is 17.7 Å². The van der Waals surface area contributed by atoms with E-state index in [0.717, 1.165) is 5.56 Å². The number of rotatable bonds is 5. The first-order valence-corrected chi connectivity index (χ1v) is 8.58. The second-order valence-electron chi connectivity index (χ2n) is 7.35. The van der Waals surface area contributed by atoms with Gasteiger partial charge in [-0.05, 0) is 53.8 Å². The lowest BCUT2D eigenvalue weighted by Gasteiger charge is -2.26. The highest BCUT2D eigenvalue weighted by Gasteiger charge is 2.29. The van der Waals surface area contributed by atoms with Gasteiger partial charge in [0, 0.05) is 17.7 Å². The molecule has 0 fully saturated rings. The average Bonchev–Trinajstić information content (AvgIpc) is 2.97. The number of carbonyl (C=O) groups is 3. The molecule has 140 valence electrons. The molecule has 3 rings (SSSR count). The largest absolute Gasteiger partial charge is 0.457 e. The van der Waals surface area contributed by atoms with E-state index in [1.807, 2.05) is 6.92 Å². The van der Waals surface area contributed by atoms with Crippen LogP contribution in [0.2, 0.25) is 0 Å². The van der Waals surface area contributed by atoms with Crippen molar-refractivity contribution in [3.8, 4) is 0 Å². The number of cyclic esters (lactones) is 1. The van der Waals surface area contributed by atoms with Crippen molar-refractivity contribution in [3.05, 3.63) is 64.5 Å². The van der Waals surface area contributed by atoms with E-state index in [4.69, 9.17) is 4.74 Å². The summed E-state index contributed by atoms with van der Waals surface area (Å²) >= 11 is 0. The molecule has 1 aliphatic rings. The van der Waals surface area contributed by atoms with Gasteiger partial charge in [0.25, 0.3) is 5.91 Å². The van der Waals surface area contributed by atoms with Crippen molar-refractivity contribution in [1.29, 1.82) is 0 Å². The predicted molar refractivity (Wildman–Crippen MR) is 98.0 cm³/mol. The summed E-state index contributed by atoms with van der Waals surface area (Å²) in [5.41, 5.74) is 2.40. The van der Waals surface area contributed by atoms with Crippen LogP contribution in [0.1, 0.15) is 47.3 Å². The Morgan fingerprint density at radius 1 is 1.19 bits per heavy atom. The van der Waals surface area contributed by atoms with Crippen LogP contribution in [0.4, 0.5) is 10.1 Å². The van der Waals surface area contributed by atoms with Crippen molar-refractivity contribution in [3.63, 3.8) is 0 Å². The van der Waals surface area contributed by atoms with E-state index in [9.17, 15) is 18.8 Å². The molecule has 1 aliphatic heterocycles. The number of ketones is 1. The number of hydrogen-bond acceptors (Lipinski definition) is 4. The Kier molecular flexibility index (Phi) is 4.83. The van der Waals surface area contributed by atoms with Crippen molar-refractivity contribution in [2.45, 2.75) is 39.2 Å². The number of halogens is 1. The quantitative estimate of drug-likeness (QED) is 0.645. The fraction of sp³-hybridized carbons (Fsp3) is 0.286. The monoisotopic (exact) mass is 369 g/mol. The van der Waals surface area contributed by atoms with E-state index in [2.05, 4.69) is 5.32 Å². The molecular formula is C21H20FNO4. The van der Waals surface area contributed by atoms with Gasteiger partial charge in [-0.2, -0.15) is 0 Å². The second kappa shape index (κ2) is 6.95. The number of nitrogens with one attached hydrogen (secondary N) is 1. The Morgan fingerprint density at radius 2 is 1.93 bits per heavy atom. The summed E-state index contributed by atoms with van der Waals surface area (Å²) in [7, 11) is 0. The minimum absolute atomic E-state index is 0.0599. The minimum Gasteiger partial charge on any atom is -0.457 e. The number of ether oxygens (including phenoxy) is 1. The molecule has 0 aromatic heterocycles. The van der Waals surface area contributed by atoms with Crippen molar-refractivity contribution < 1.29 is 23.5 Å². The van der Waals surface area contributed by atoms with Crippen LogP contribution in [0.15, 0.2) is 36.4 Å². The van der Waals surface area contributed by atoms with Crippen LogP contribution in [0.3, 0.4) is 0 Å². The summed E-state index contributed by atoms with van der Waals surface area (Å²) < 4.78 is 18.5. The van der Waals surface area contributed by atoms with Crippen molar-refractivity contribution in [1.82, 2.24) is 0 Å². The number of esters is 1. The molecule has 0 atom stereocenters. The van der Waals surface area contributed by atoms with Crippen LogP contribution in [-0.2, 0) is 26.3 Å². The highest BCUT2D eigenvalue weighted by atomic mass is 19.1. The van der Waals surface area contributed by atoms with Crippen LogP contribution in [0.25, 0.3) is 0 Å². The molecule has 1 N–H and O–H groups in total. The Hall–Kier alpha value is -3.02. The Labute approximate surface area is 156 Å². The third-order valence-electron chi connectivity index (χ3n) is 4.73. The van der Waals surface area contributed by atoms with Gasteiger partial charge in [0.15, 0.2) is 0 Å². The molecular weight excluding hydrogens is 349 g/mol. The summed E-state index contributed by atoms with van der Waals surface area (Å²) in [5.74, 6) is -2.12. The smallest absolute Gasteiger partial charge is 0.338 e. The van der Waals surface area contributed by atoms with Gasteiger partial charge < -0.3 is 10.1 Å². The standard InChI is InChI=1S/C21H20FNO4/c1-12-4-5-14(22)9-17(12)21(2,3)10-18(24)19(25)23-15-6-7-16-13(8-15)11-27-20(16)26/h4-9H,10-11H2,1-3H3,(H,23,25). The summed E-state index contributed by atoms with van der Waals surface area (Å²) in [6.07, 6.45) is -0.0599. The molecule has 0 radical (unpaired) electrons. The van der Waals surface area contributed by atoms with Crippen LogP contribution < -0.4 is 5.32 Å². The fourth-order valence-electron chi connectivity index (χ4n) is 3.31. The lowest BCUT2D eigenvalue weighted by molar-refractivity contribution is -0.135. The summed E-state index contributed by atoms with van der Waals surface area (Å²) in [6, 6.07) is 9.16. The first-order chi connectivity index (χ1) is 12.7. The van der Waals surface area contributed by atoms with E-state index in [-0.39, 0.29) is 18.8 Å². The number of benzene rings is 2. The van der Waals surface area contributed by atoms with E-state index in [0.29, 0.717) is 22.4 Å². The molecule has 27 heavy (non-hydrogen) atoms. The van der Waals surface area contributed by atoms with E-state index >= 15 is 0 Å². The Morgan fingerprint density at radius 3 is 2.67 bits per heavy atom. The number of carbonyl (C=O) groups excluding carboxylic acids is 3. The molecule has 6 heteroatoms. The molecule has 0 saturated carbocycles. The van der Waals surface area contributed by atoms with Gasteiger partial charge in [-0.15, -0.1) is 0 Å². The number of hydrogen-bond donors (Lipinski definition) is 1. The van der Waals surface area contributed by atoms with Crippen molar-refractivity contribution >= 4 is 23.3 Å². The van der Waals surface area contributed by atoms with Gasteiger partial charge in [-0.3, -0.25) is 9.59 Å². The highest BCUT2D eigenvalue weighted by Crippen LogP contribution is 2.31. The molecule has 0 aliphatic carbocycles. The fourth-order valence-corrected chi connectivity index (χ4v) is 3.31. The molecule has 0 unspecified atom stereocenters. The van der Waals surface area contributed by atoms with Crippen molar-refractivity contribution in [2.75, 3.05) is 5.32 Å². The highest BCUT2D eigenvalue weighted by molar-refractivity contribution is 6.40. The van der Waals surface area contributed by atoms with E-state index in [1.54, 1.807) is 38.1 Å². The topological polar surface area (TPSA) is 72.5 Å². The van der Waals surface area contributed by atoms with Crippen LogP contribution >= 0.6 is 0 Å². The molecule has 0 bridgehead atoms. The third kappa shape index (κ3) is 3.89. The predicted octanol–water partition coefficient (Wildman–Crippen LogP) is 3.68. The van der Waals surface area contributed by atoms with Gasteiger partial charge >= 0.3 is 5.97 Å². The normalized spacial score (nSPS) is 13.1. The first-order valence-electron chi connectivity index (χ1n) is 8.58. The molecule has 5 nitrogen and oxygen atoms in total. The molecule has 0 saturated heterocycles. The van der Waals surface area contributed by atoms with Gasteiger partial charge in [-0.1, -0.05) is 19.9 Å². The summed E-state index contributed by atoms with van der Waals surface area (Å²) in [5, 5.41) is 2.56. The van der Waals surface area contributed by atoms with Crippen molar-refractivity contribution in [2.24, 2.45) is 0 Å². The number of amides is 1. The lowest BCUT2D eigenvalue weighted by Crippen LogP contribution is -2.30. The molecule has 1 heterocycles. The first kappa shape index (κ1) is 18.8. The number of fused-ring (bicyclic) bond motifs is 1. The zero-order valence-electron chi connectivity index (χ0n) is 15.4. The Balaban J connectivity index is 1.71. The van der Waals surface area contributed by atoms with Crippen LogP contribution in [0.5, 0.6) is 0 Å². The Bertz CT molecular complexity index is 949. The van der Waals surface area contributed by atoms with E-state index < -0.39 is 23.1 Å². The zero-order valence-corrected chi connectivity index (χ0v) is 15.4. The van der Waals surface area contributed by atoms with Gasteiger partial charge in [0.1, 0.15) is 12.4 Å². The molecule has 2 aromatic rings. The summed E-state index contributed by atoms with van der Waals surface area (Å²) in [4.78, 5) is 36.2. The number of anilines is 1. The van der Waals surface area contributed by atoms with Gasteiger partial charge in [0.2, 0.25) is 5.78 Å². The van der Waals surface area contributed by atoms with Gasteiger partial charge in [-0.25, -0.2) is 9.18 Å². The minimum atomic E-state index is -0.748. The maximum absolute atomic E-state index is 13.6. The number of aryl methyl sites for hydroxylation is 1. The maximum atomic E-state index is 13.6. The third-order valence-corrected chi connectivity index (χ3v) is 4.73. The molecule has 1 amide bonds. The second-order valence-corrected chi connectivity index (χ2v) is 7.35. The number of Topliss-reactive ketones (excluding diaryl/α,β-unsaturated/α-hetero) is 1. The molecule has 2 aromatic carbocycles. The SMILES string of the molecule is Cc1ccc(F)cc1C(C)(C)CC(=O)C(=O)Nc1ccc2c(c1)COC2=O. The van der Waals surface area contributed by atoms with E-state index in [1.165, 1.54) is 12.1 Å². The van der Waals surface area contributed by atoms with Crippen LogP contribution in [0, 0.1) is 12.7 Å².